The van der Waals surface area contributed by atoms with E-state index < -0.39 is 5.95 Å². The predicted octanol–water partition coefficient (Wildman–Crippen LogP) is 2.48. The summed E-state index contributed by atoms with van der Waals surface area (Å²) in [5.41, 5.74) is 0.830. The number of benzene rings is 1. The maximum atomic E-state index is 12.6. The standard InChI is InChI=1S/C13H11FN2O2/c1-18-11-5-3-2-4-10(11)16-13(17)9-6-7-12(14)15-8-9/h2-8H,1H3,(H,16,17). The predicted molar refractivity (Wildman–Crippen MR) is 65.1 cm³/mol. The lowest BCUT2D eigenvalue weighted by Gasteiger charge is -2.09. The number of ether oxygens (including phenoxy) is 1. The summed E-state index contributed by atoms with van der Waals surface area (Å²) in [6.45, 7) is 0. The Labute approximate surface area is 103 Å². The summed E-state index contributed by atoms with van der Waals surface area (Å²) in [5, 5.41) is 2.67. The third-order valence-corrected chi connectivity index (χ3v) is 2.34. The van der Waals surface area contributed by atoms with Crippen LogP contribution in [0.15, 0.2) is 42.6 Å². The third kappa shape index (κ3) is 2.63. The number of hydrogen-bond acceptors (Lipinski definition) is 3. The molecule has 1 heterocycles. The van der Waals surface area contributed by atoms with Crippen LogP contribution in [0.2, 0.25) is 0 Å². The van der Waals surface area contributed by atoms with Gasteiger partial charge in [-0.25, -0.2) is 4.98 Å². The lowest BCUT2D eigenvalue weighted by Crippen LogP contribution is -2.13. The molecule has 0 aliphatic heterocycles. The number of methoxy groups -OCH3 is 1. The second kappa shape index (κ2) is 5.27. The summed E-state index contributed by atoms with van der Waals surface area (Å²) in [5.74, 6) is -0.434. The molecule has 0 spiro atoms. The van der Waals surface area contributed by atoms with E-state index in [0.717, 1.165) is 6.07 Å². The minimum absolute atomic E-state index is 0.280. The Bertz CT molecular complexity index is 555. The number of aromatic nitrogens is 1. The lowest BCUT2D eigenvalue weighted by molar-refractivity contribution is 0.102. The van der Waals surface area contributed by atoms with Crippen molar-refractivity contribution < 1.29 is 13.9 Å². The molecule has 1 amide bonds. The average molecular weight is 246 g/mol. The molecule has 1 N–H and O–H groups in total. The maximum absolute atomic E-state index is 12.6. The number of anilines is 1. The highest BCUT2D eigenvalue weighted by Gasteiger charge is 2.09. The van der Waals surface area contributed by atoms with Gasteiger partial charge in [-0.1, -0.05) is 12.1 Å². The smallest absolute Gasteiger partial charge is 0.257 e. The van der Waals surface area contributed by atoms with Gasteiger partial charge in [-0.3, -0.25) is 4.79 Å². The molecule has 92 valence electrons. The summed E-state index contributed by atoms with van der Waals surface area (Å²) in [4.78, 5) is 15.3. The highest BCUT2D eigenvalue weighted by Crippen LogP contribution is 2.23. The molecule has 2 aromatic rings. The van der Waals surface area contributed by atoms with Crippen LogP contribution >= 0.6 is 0 Å². The fourth-order valence-corrected chi connectivity index (χ4v) is 1.45. The monoisotopic (exact) mass is 246 g/mol. The van der Waals surface area contributed by atoms with E-state index >= 15 is 0 Å². The lowest BCUT2D eigenvalue weighted by atomic mass is 10.2. The van der Waals surface area contributed by atoms with E-state index in [1.807, 2.05) is 0 Å². The first-order chi connectivity index (χ1) is 8.70. The molecule has 2 rings (SSSR count). The molecule has 0 radical (unpaired) electrons. The molecule has 0 unspecified atom stereocenters. The van der Waals surface area contributed by atoms with Gasteiger partial charge in [0.2, 0.25) is 5.95 Å². The highest BCUT2D eigenvalue weighted by molar-refractivity contribution is 6.04. The number of nitrogens with one attached hydrogen (secondary N) is 1. The van der Waals surface area contributed by atoms with Gasteiger partial charge in [-0.2, -0.15) is 4.39 Å². The number of carbonyl (C=O) groups is 1. The number of carbonyl (C=O) groups excluding carboxylic acids is 1. The van der Waals surface area contributed by atoms with Crippen LogP contribution in [-0.2, 0) is 0 Å². The molecule has 1 aromatic heterocycles. The van der Waals surface area contributed by atoms with Gasteiger partial charge in [-0.05, 0) is 24.3 Å². The summed E-state index contributed by atoms with van der Waals surface area (Å²) in [7, 11) is 1.52. The van der Waals surface area contributed by atoms with Gasteiger partial charge < -0.3 is 10.1 Å². The maximum Gasteiger partial charge on any atom is 0.257 e. The van der Waals surface area contributed by atoms with E-state index in [0.29, 0.717) is 11.4 Å². The molecular formula is C13H11FN2O2. The number of rotatable bonds is 3. The number of halogens is 1. The molecule has 0 atom stereocenters. The molecule has 4 nitrogen and oxygen atoms in total. The van der Waals surface area contributed by atoms with Crippen molar-refractivity contribution in [3.63, 3.8) is 0 Å². The molecule has 1 aromatic carbocycles. The van der Waals surface area contributed by atoms with E-state index in [2.05, 4.69) is 10.3 Å². The topological polar surface area (TPSA) is 51.2 Å². The first kappa shape index (κ1) is 12.0. The van der Waals surface area contributed by atoms with E-state index in [1.165, 1.54) is 19.4 Å². The third-order valence-electron chi connectivity index (χ3n) is 2.34. The van der Waals surface area contributed by atoms with Crippen molar-refractivity contribution in [2.24, 2.45) is 0 Å². The van der Waals surface area contributed by atoms with E-state index in [9.17, 15) is 9.18 Å². The quantitative estimate of drug-likeness (QED) is 0.846. The summed E-state index contributed by atoms with van der Waals surface area (Å²) in [6.07, 6.45) is 1.18. The van der Waals surface area contributed by atoms with Crippen molar-refractivity contribution in [3.8, 4) is 5.75 Å². The van der Waals surface area contributed by atoms with Gasteiger partial charge in [0.1, 0.15) is 5.75 Å². The summed E-state index contributed by atoms with van der Waals surface area (Å²) in [6, 6.07) is 9.53. The fraction of sp³-hybridized carbons (Fsp3) is 0.0769. The molecule has 18 heavy (non-hydrogen) atoms. The first-order valence-electron chi connectivity index (χ1n) is 5.26. The van der Waals surface area contributed by atoms with E-state index in [-0.39, 0.29) is 11.5 Å². The molecular weight excluding hydrogens is 235 g/mol. The zero-order valence-corrected chi connectivity index (χ0v) is 9.68. The number of pyridine rings is 1. The molecule has 0 fully saturated rings. The van der Waals surface area contributed by atoms with Crippen LogP contribution in [-0.4, -0.2) is 18.0 Å². The van der Waals surface area contributed by atoms with E-state index in [1.54, 1.807) is 24.3 Å². The number of nitrogens with zero attached hydrogens (tertiary/aromatic N) is 1. The van der Waals surface area contributed by atoms with Crippen LogP contribution in [0.25, 0.3) is 0 Å². The normalized spacial score (nSPS) is 9.89. The second-order valence-electron chi connectivity index (χ2n) is 3.52. The second-order valence-corrected chi connectivity index (χ2v) is 3.52. The molecule has 0 aliphatic carbocycles. The minimum atomic E-state index is -0.621. The Morgan fingerprint density at radius 1 is 1.28 bits per heavy atom. The molecule has 0 saturated heterocycles. The Kier molecular flexibility index (Phi) is 3.52. The van der Waals surface area contributed by atoms with Crippen LogP contribution < -0.4 is 10.1 Å². The average Bonchev–Trinajstić information content (AvgIpc) is 2.40. The van der Waals surface area contributed by atoms with Crippen LogP contribution in [0.4, 0.5) is 10.1 Å². The Morgan fingerprint density at radius 3 is 2.72 bits per heavy atom. The Morgan fingerprint density at radius 2 is 2.06 bits per heavy atom. The highest BCUT2D eigenvalue weighted by atomic mass is 19.1. The molecule has 0 bridgehead atoms. The van der Waals surface area contributed by atoms with Crippen LogP contribution in [0.5, 0.6) is 5.75 Å². The fourth-order valence-electron chi connectivity index (χ4n) is 1.45. The van der Waals surface area contributed by atoms with Crippen molar-refractivity contribution in [1.29, 1.82) is 0 Å². The Balaban J connectivity index is 2.18. The Hall–Kier alpha value is -2.43. The van der Waals surface area contributed by atoms with Crippen LogP contribution in [0.3, 0.4) is 0 Å². The van der Waals surface area contributed by atoms with Gasteiger partial charge >= 0.3 is 0 Å². The van der Waals surface area contributed by atoms with Crippen molar-refractivity contribution in [1.82, 2.24) is 4.98 Å². The number of para-hydroxylation sites is 2. The molecule has 0 aliphatic rings. The minimum Gasteiger partial charge on any atom is -0.495 e. The first-order valence-corrected chi connectivity index (χ1v) is 5.26. The number of amides is 1. The van der Waals surface area contributed by atoms with Crippen molar-refractivity contribution >= 4 is 11.6 Å². The zero-order valence-electron chi connectivity index (χ0n) is 9.68. The molecule has 0 saturated carbocycles. The van der Waals surface area contributed by atoms with E-state index in [4.69, 9.17) is 4.74 Å². The van der Waals surface area contributed by atoms with Gasteiger partial charge in [0.05, 0.1) is 18.4 Å². The van der Waals surface area contributed by atoms with Crippen LogP contribution in [0.1, 0.15) is 10.4 Å². The largest absolute Gasteiger partial charge is 0.495 e. The SMILES string of the molecule is COc1ccccc1NC(=O)c1ccc(F)nc1. The number of hydrogen-bond donors (Lipinski definition) is 1. The van der Waals surface area contributed by atoms with Crippen molar-refractivity contribution in [3.05, 3.63) is 54.1 Å². The summed E-state index contributed by atoms with van der Waals surface area (Å²) >= 11 is 0. The molecule has 5 heteroatoms. The van der Waals surface area contributed by atoms with Gasteiger partial charge in [0.15, 0.2) is 0 Å². The van der Waals surface area contributed by atoms with Crippen molar-refractivity contribution in [2.75, 3.05) is 12.4 Å². The van der Waals surface area contributed by atoms with Crippen molar-refractivity contribution in [2.45, 2.75) is 0 Å². The summed E-state index contributed by atoms with van der Waals surface area (Å²) < 4.78 is 17.7. The zero-order chi connectivity index (χ0) is 13.0. The van der Waals surface area contributed by atoms with Crippen LogP contribution in [0, 0.1) is 5.95 Å². The van der Waals surface area contributed by atoms with Gasteiger partial charge in [0.25, 0.3) is 5.91 Å². The van der Waals surface area contributed by atoms with Gasteiger partial charge in [0, 0.05) is 6.20 Å². The van der Waals surface area contributed by atoms with Gasteiger partial charge in [-0.15, -0.1) is 0 Å².